The molecule has 2 amide bonds. The summed E-state index contributed by atoms with van der Waals surface area (Å²) in [6, 6.07) is 18.7. The second kappa shape index (κ2) is 10.2. The first kappa shape index (κ1) is 25.7. The molecule has 1 saturated heterocycles. The molecule has 0 bridgehead atoms. The summed E-state index contributed by atoms with van der Waals surface area (Å²) in [6.45, 7) is 0.359. The summed E-state index contributed by atoms with van der Waals surface area (Å²) < 4.78 is 10.7. The lowest BCUT2D eigenvalue weighted by Gasteiger charge is -2.47. The molecule has 0 radical (unpaired) electrons. The van der Waals surface area contributed by atoms with Crippen LogP contribution in [0.5, 0.6) is 11.5 Å². The van der Waals surface area contributed by atoms with Crippen molar-refractivity contribution in [1.29, 1.82) is 0 Å². The predicted octanol–water partition coefficient (Wildman–Crippen LogP) is 3.81. The number of methoxy groups -OCH3 is 2. The standard InChI is InChI=1S/C30H29N4O6/c1-39-25-12-7-18(15-26(25)40-2)13-14-32-17-27(35)33-24(30(32)36)16-22-21-5-3-4-6-23(21)31-28(22)29(33)19-8-10-20(11-9-19)34(37)38/h3-12,15,24,29,31,37H,13-14,16-17H2,1-2H3/q-1. The molecule has 6 rings (SSSR count). The number of H-pyrrole nitrogens is 1. The van der Waals surface area contributed by atoms with Crippen molar-refractivity contribution in [2.75, 3.05) is 32.5 Å². The van der Waals surface area contributed by atoms with Gasteiger partial charge in [0.2, 0.25) is 11.8 Å². The molecule has 0 aliphatic carbocycles. The highest BCUT2D eigenvalue weighted by Crippen LogP contribution is 2.43. The number of fused-ring (bicyclic) bond motifs is 4. The first-order valence-corrected chi connectivity index (χ1v) is 13.1. The number of ether oxygens (including phenoxy) is 2. The Labute approximate surface area is 230 Å². The lowest BCUT2D eigenvalue weighted by molar-refractivity contribution is -0.158. The van der Waals surface area contributed by atoms with Crippen molar-refractivity contribution in [2.45, 2.75) is 24.9 Å². The molecule has 40 heavy (non-hydrogen) atoms. The maximum atomic E-state index is 13.9. The molecule has 1 aromatic heterocycles. The molecule has 1 fully saturated rings. The number of para-hydroxylation sites is 1. The van der Waals surface area contributed by atoms with E-state index in [9.17, 15) is 20.0 Å². The Morgan fingerprint density at radius 1 is 1.02 bits per heavy atom. The average molecular weight is 542 g/mol. The van der Waals surface area contributed by atoms with Gasteiger partial charge in [-0.15, -0.1) is 0 Å². The minimum atomic E-state index is -0.670. The third-order valence-electron chi connectivity index (χ3n) is 7.89. The van der Waals surface area contributed by atoms with Gasteiger partial charge >= 0.3 is 0 Å². The zero-order valence-electron chi connectivity index (χ0n) is 22.2. The van der Waals surface area contributed by atoms with Gasteiger partial charge in [-0.25, -0.2) is 0 Å². The number of nitrogens with one attached hydrogen (secondary N) is 1. The normalized spacial score (nSPS) is 18.5. The van der Waals surface area contributed by atoms with Crippen LogP contribution >= 0.6 is 0 Å². The highest BCUT2D eigenvalue weighted by molar-refractivity contribution is 5.97. The molecule has 10 nitrogen and oxygen atoms in total. The minimum Gasteiger partial charge on any atom is -0.733 e. The van der Waals surface area contributed by atoms with Crippen molar-refractivity contribution >= 4 is 28.4 Å². The van der Waals surface area contributed by atoms with Crippen LogP contribution in [-0.2, 0) is 22.4 Å². The van der Waals surface area contributed by atoms with E-state index < -0.39 is 12.1 Å². The van der Waals surface area contributed by atoms with Gasteiger partial charge in [-0.3, -0.25) is 14.8 Å². The minimum absolute atomic E-state index is 0.0300. The SMILES string of the molecule is COc1ccc(CCN2CC(=O)N3C(Cc4c([nH]c5ccccc45)C3c3ccc(N([O-])O)cc3)C2=O)cc1OC. The van der Waals surface area contributed by atoms with E-state index in [1.54, 1.807) is 36.2 Å². The fourth-order valence-electron chi connectivity index (χ4n) is 5.94. The molecule has 2 N–H and O–H groups in total. The van der Waals surface area contributed by atoms with E-state index in [0.29, 0.717) is 30.9 Å². The van der Waals surface area contributed by atoms with Gasteiger partial charge in [0.1, 0.15) is 6.04 Å². The Hall–Kier alpha value is -4.54. The fourth-order valence-corrected chi connectivity index (χ4v) is 5.94. The van der Waals surface area contributed by atoms with Crippen molar-refractivity contribution < 1.29 is 24.3 Å². The third kappa shape index (κ3) is 4.31. The molecule has 3 aromatic carbocycles. The maximum absolute atomic E-state index is 13.9. The Balaban J connectivity index is 1.34. The maximum Gasteiger partial charge on any atom is 0.246 e. The Bertz CT molecular complexity index is 1580. The van der Waals surface area contributed by atoms with E-state index >= 15 is 0 Å². The number of piperazine rings is 1. The number of aromatic nitrogens is 1. The second-order valence-electron chi connectivity index (χ2n) is 10.0. The monoisotopic (exact) mass is 541 g/mol. The zero-order valence-corrected chi connectivity index (χ0v) is 22.2. The number of anilines is 1. The van der Waals surface area contributed by atoms with Crippen molar-refractivity contribution in [3.8, 4) is 11.5 Å². The highest BCUT2D eigenvalue weighted by Gasteiger charge is 2.48. The van der Waals surface area contributed by atoms with Gasteiger partial charge in [-0.2, -0.15) is 0 Å². The Morgan fingerprint density at radius 2 is 1.77 bits per heavy atom. The van der Waals surface area contributed by atoms with Gasteiger partial charge in [0.25, 0.3) is 0 Å². The number of nitrogens with zero attached hydrogens (tertiary/aromatic N) is 3. The van der Waals surface area contributed by atoms with Gasteiger partial charge in [0, 0.05) is 29.6 Å². The number of rotatable bonds is 7. The molecule has 2 aliphatic heterocycles. The van der Waals surface area contributed by atoms with Crippen LogP contribution < -0.4 is 14.7 Å². The summed E-state index contributed by atoms with van der Waals surface area (Å²) in [4.78, 5) is 34.5. The van der Waals surface area contributed by atoms with E-state index in [1.165, 1.54) is 12.1 Å². The van der Waals surface area contributed by atoms with Gasteiger partial charge in [0.05, 0.1) is 32.5 Å². The van der Waals surface area contributed by atoms with E-state index in [1.807, 2.05) is 42.5 Å². The summed E-state index contributed by atoms with van der Waals surface area (Å²) >= 11 is 0. The summed E-state index contributed by atoms with van der Waals surface area (Å²) in [5.41, 5.74) is 4.57. The second-order valence-corrected chi connectivity index (χ2v) is 10.0. The first-order valence-electron chi connectivity index (χ1n) is 13.1. The average Bonchev–Trinajstić information content (AvgIpc) is 3.35. The highest BCUT2D eigenvalue weighted by atomic mass is 16.8. The van der Waals surface area contributed by atoms with Crippen molar-refractivity contribution in [3.05, 3.63) is 94.3 Å². The van der Waals surface area contributed by atoms with Crippen molar-refractivity contribution in [2.24, 2.45) is 0 Å². The number of benzene rings is 3. The lowest BCUT2D eigenvalue weighted by Crippen LogP contribution is -2.63. The number of carbonyl (C=O) groups excluding carboxylic acids is 2. The van der Waals surface area contributed by atoms with E-state index in [4.69, 9.17) is 9.47 Å². The first-order chi connectivity index (χ1) is 19.4. The summed E-state index contributed by atoms with van der Waals surface area (Å²) in [5, 5.41) is 21.5. The molecule has 206 valence electrons. The largest absolute Gasteiger partial charge is 0.733 e. The molecule has 3 heterocycles. The van der Waals surface area contributed by atoms with E-state index in [-0.39, 0.29) is 29.3 Å². The Kier molecular flexibility index (Phi) is 6.57. The summed E-state index contributed by atoms with van der Waals surface area (Å²) in [6.07, 6.45) is 0.957. The third-order valence-corrected chi connectivity index (χ3v) is 7.89. The van der Waals surface area contributed by atoms with Gasteiger partial charge in [0.15, 0.2) is 11.5 Å². The molecule has 0 spiro atoms. The van der Waals surface area contributed by atoms with Gasteiger partial charge in [-0.05, 0) is 53.4 Å². The molecule has 4 aromatic rings. The molecule has 10 heteroatoms. The van der Waals surface area contributed by atoms with Crippen LogP contribution in [-0.4, -0.2) is 65.2 Å². The lowest BCUT2D eigenvalue weighted by atomic mass is 9.86. The molecule has 2 unspecified atom stereocenters. The number of hydrogen-bond acceptors (Lipinski definition) is 7. The topological polar surface area (TPSA) is 121 Å². The molecular weight excluding hydrogens is 512 g/mol. The quantitative estimate of drug-likeness (QED) is 0.341. The summed E-state index contributed by atoms with van der Waals surface area (Å²) in [7, 11) is 3.16. The molecule has 2 atom stereocenters. The number of hydrogen-bond donors (Lipinski definition) is 2. The smallest absolute Gasteiger partial charge is 0.246 e. The Morgan fingerprint density at radius 3 is 2.50 bits per heavy atom. The van der Waals surface area contributed by atoms with Gasteiger partial charge < -0.3 is 34.7 Å². The van der Waals surface area contributed by atoms with Crippen LogP contribution in [0.4, 0.5) is 5.69 Å². The van der Waals surface area contributed by atoms with Crippen LogP contribution in [0.1, 0.15) is 28.4 Å². The number of amides is 2. The molecule has 2 aliphatic rings. The van der Waals surface area contributed by atoms with Crippen LogP contribution in [0.2, 0.25) is 0 Å². The molecular formula is C30H29N4O6-. The predicted molar refractivity (Wildman–Crippen MR) is 148 cm³/mol. The van der Waals surface area contributed by atoms with E-state index in [0.717, 1.165) is 33.3 Å². The van der Waals surface area contributed by atoms with Crippen LogP contribution in [0.3, 0.4) is 0 Å². The summed E-state index contributed by atoms with van der Waals surface area (Å²) in [5.74, 6) is 0.993. The fraction of sp³-hybridized carbons (Fsp3) is 0.267. The van der Waals surface area contributed by atoms with E-state index in [2.05, 4.69) is 4.98 Å². The zero-order chi connectivity index (χ0) is 28.0. The van der Waals surface area contributed by atoms with Crippen molar-refractivity contribution in [1.82, 2.24) is 14.8 Å². The van der Waals surface area contributed by atoms with Crippen LogP contribution in [0, 0.1) is 5.21 Å². The molecule has 0 saturated carbocycles. The van der Waals surface area contributed by atoms with Crippen molar-refractivity contribution in [3.63, 3.8) is 0 Å². The number of aromatic amines is 1. The van der Waals surface area contributed by atoms with Gasteiger partial charge in [-0.1, -0.05) is 36.4 Å². The number of carbonyl (C=O) groups is 2. The van der Waals surface area contributed by atoms with Crippen LogP contribution in [0.25, 0.3) is 10.9 Å². The van der Waals surface area contributed by atoms with Crippen LogP contribution in [0.15, 0.2) is 66.7 Å².